The smallest absolute Gasteiger partial charge is 0.233 e. The van der Waals surface area contributed by atoms with E-state index in [1.807, 2.05) is 0 Å². The number of allylic oxidation sites excluding steroid dienone is 2. The number of hydrogen-bond donors (Lipinski definition) is 0. The van der Waals surface area contributed by atoms with Gasteiger partial charge in [0.1, 0.15) is 0 Å². The van der Waals surface area contributed by atoms with Crippen molar-refractivity contribution in [1.29, 1.82) is 0 Å². The minimum absolute atomic E-state index is 0.0187. The van der Waals surface area contributed by atoms with Crippen LogP contribution in [0.25, 0.3) is 0 Å². The molecular weight excluding hydrogens is 322 g/mol. The predicted octanol–water partition coefficient (Wildman–Crippen LogP) is 5.49. The summed E-state index contributed by atoms with van der Waals surface area (Å²) in [7, 11) is 0. The van der Waals surface area contributed by atoms with Crippen LogP contribution in [0.15, 0.2) is 12.2 Å². The fraction of sp³-hybridized carbons (Fsp3) is 0.826. The van der Waals surface area contributed by atoms with Crippen molar-refractivity contribution >= 4 is 11.8 Å². The lowest BCUT2D eigenvalue weighted by molar-refractivity contribution is -0.140. The molecule has 2 bridgehead atoms. The van der Waals surface area contributed by atoms with Crippen molar-refractivity contribution in [3.05, 3.63) is 12.2 Å². The minimum Gasteiger partial charge on any atom is -0.282 e. The molecular formula is C23H37NO2. The van der Waals surface area contributed by atoms with E-state index in [1.54, 1.807) is 4.90 Å². The Balaban J connectivity index is 1.21. The van der Waals surface area contributed by atoms with Crippen molar-refractivity contribution < 1.29 is 9.59 Å². The number of hydrogen-bond acceptors (Lipinski definition) is 2. The molecule has 3 nitrogen and oxygen atoms in total. The average Bonchev–Trinajstić information content (AvgIpc) is 3.31. The Morgan fingerprint density at radius 1 is 0.731 bits per heavy atom. The lowest BCUT2D eigenvalue weighted by Crippen LogP contribution is -2.33. The zero-order valence-corrected chi connectivity index (χ0v) is 16.6. The minimum atomic E-state index is -0.0187. The van der Waals surface area contributed by atoms with Gasteiger partial charge in [-0.25, -0.2) is 0 Å². The second-order valence-corrected chi connectivity index (χ2v) is 8.72. The number of amides is 2. The van der Waals surface area contributed by atoms with E-state index in [0.29, 0.717) is 18.4 Å². The first-order valence-corrected chi connectivity index (χ1v) is 11.3. The number of imide groups is 1. The third-order valence-corrected chi connectivity index (χ3v) is 6.80. The van der Waals surface area contributed by atoms with Crippen LogP contribution in [0.3, 0.4) is 0 Å². The van der Waals surface area contributed by atoms with Crippen LogP contribution in [0.4, 0.5) is 0 Å². The Kier molecular flexibility index (Phi) is 7.33. The molecule has 1 aliphatic heterocycles. The number of nitrogens with zero attached hydrogens (tertiary/aromatic N) is 1. The third kappa shape index (κ3) is 4.40. The molecule has 1 heterocycles. The van der Waals surface area contributed by atoms with Crippen LogP contribution >= 0.6 is 0 Å². The van der Waals surface area contributed by atoms with Crippen LogP contribution in [-0.2, 0) is 9.59 Å². The molecule has 2 unspecified atom stereocenters. The first-order valence-electron chi connectivity index (χ1n) is 11.3. The normalized spacial score (nSPS) is 29.2. The summed E-state index contributed by atoms with van der Waals surface area (Å²) in [5.74, 6) is 0.895. The van der Waals surface area contributed by atoms with E-state index in [-0.39, 0.29) is 23.7 Å². The van der Waals surface area contributed by atoms with Crippen molar-refractivity contribution in [3.8, 4) is 0 Å². The van der Waals surface area contributed by atoms with Crippen molar-refractivity contribution in [2.24, 2.45) is 23.7 Å². The lowest BCUT2D eigenvalue weighted by atomic mass is 9.85. The highest BCUT2D eigenvalue weighted by molar-refractivity contribution is 6.06. The number of likely N-dealkylation sites (tertiary alicyclic amines) is 1. The van der Waals surface area contributed by atoms with Crippen LogP contribution in [0, 0.1) is 23.7 Å². The van der Waals surface area contributed by atoms with Gasteiger partial charge in [-0.05, 0) is 24.7 Å². The summed E-state index contributed by atoms with van der Waals surface area (Å²) in [6.07, 6.45) is 21.1. The highest BCUT2D eigenvalue weighted by Gasteiger charge is 2.58. The van der Waals surface area contributed by atoms with Gasteiger partial charge in [0.05, 0.1) is 11.8 Å². The maximum absolute atomic E-state index is 12.6. The van der Waals surface area contributed by atoms with E-state index >= 15 is 0 Å². The molecule has 0 aromatic carbocycles. The molecule has 0 N–H and O–H groups in total. The van der Waals surface area contributed by atoms with Gasteiger partial charge in [0.25, 0.3) is 0 Å². The fourth-order valence-electron chi connectivity index (χ4n) is 5.30. The highest BCUT2D eigenvalue weighted by Crippen LogP contribution is 2.52. The summed E-state index contributed by atoms with van der Waals surface area (Å²) in [6, 6.07) is 0. The van der Waals surface area contributed by atoms with E-state index in [9.17, 15) is 9.59 Å². The molecule has 0 aromatic rings. The molecule has 1 saturated carbocycles. The van der Waals surface area contributed by atoms with Gasteiger partial charge in [0.2, 0.25) is 11.8 Å². The van der Waals surface area contributed by atoms with Gasteiger partial charge < -0.3 is 0 Å². The van der Waals surface area contributed by atoms with Crippen LogP contribution in [0.5, 0.6) is 0 Å². The molecule has 0 spiro atoms. The second-order valence-electron chi connectivity index (χ2n) is 8.72. The Hall–Kier alpha value is -1.12. The molecule has 2 aliphatic carbocycles. The van der Waals surface area contributed by atoms with Crippen LogP contribution in [0.2, 0.25) is 0 Å². The Labute approximate surface area is 159 Å². The predicted molar refractivity (Wildman–Crippen MR) is 106 cm³/mol. The largest absolute Gasteiger partial charge is 0.282 e. The maximum Gasteiger partial charge on any atom is 0.233 e. The number of carbonyl (C=O) groups excluding carboxylic acids is 2. The molecule has 1 saturated heterocycles. The lowest BCUT2D eigenvalue weighted by Gasteiger charge is -2.17. The van der Waals surface area contributed by atoms with E-state index in [4.69, 9.17) is 0 Å². The van der Waals surface area contributed by atoms with Crippen molar-refractivity contribution in [2.75, 3.05) is 6.54 Å². The van der Waals surface area contributed by atoms with Crippen molar-refractivity contribution in [3.63, 3.8) is 0 Å². The number of fused-ring (bicyclic) bond motifs is 5. The summed E-state index contributed by atoms with van der Waals surface area (Å²) in [4.78, 5) is 26.8. The summed E-state index contributed by atoms with van der Waals surface area (Å²) >= 11 is 0. The first kappa shape index (κ1) is 19.6. The Bertz CT molecular complexity index is 482. The molecule has 3 heteroatoms. The summed E-state index contributed by atoms with van der Waals surface area (Å²) in [5.41, 5.74) is 0. The molecule has 0 aromatic heterocycles. The molecule has 26 heavy (non-hydrogen) atoms. The van der Waals surface area contributed by atoms with Gasteiger partial charge in [0.15, 0.2) is 0 Å². The van der Waals surface area contributed by atoms with E-state index < -0.39 is 0 Å². The zero-order chi connectivity index (χ0) is 18.4. The molecule has 146 valence electrons. The van der Waals surface area contributed by atoms with Crippen molar-refractivity contribution in [1.82, 2.24) is 4.90 Å². The van der Waals surface area contributed by atoms with E-state index in [0.717, 1.165) is 19.3 Å². The first-order chi connectivity index (χ1) is 12.7. The van der Waals surface area contributed by atoms with Gasteiger partial charge in [-0.2, -0.15) is 0 Å². The molecule has 3 aliphatic rings. The average molecular weight is 360 g/mol. The van der Waals surface area contributed by atoms with Gasteiger partial charge >= 0.3 is 0 Å². The van der Waals surface area contributed by atoms with Crippen molar-refractivity contribution in [2.45, 2.75) is 90.4 Å². The molecule has 2 fully saturated rings. The summed E-state index contributed by atoms with van der Waals surface area (Å²) < 4.78 is 0. The highest BCUT2D eigenvalue weighted by atomic mass is 16.2. The molecule has 2 amide bonds. The van der Waals surface area contributed by atoms with Gasteiger partial charge in [0, 0.05) is 6.54 Å². The zero-order valence-electron chi connectivity index (χ0n) is 16.6. The van der Waals surface area contributed by atoms with Gasteiger partial charge in [-0.15, -0.1) is 0 Å². The van der Waals surface area contributed by atoms with E-state index in [1.165, 1.54) is 64.2 Å². The standard InChI is InChI=1S/C23H37NO2/c1-2-3-4-5-6-7-8-9-10-11-12-13-16-24-22(25)20-18-14-15-19(17-18)21(20)23(24)26/h14-15,18-21H,2-13,16-17H2,1H3/t18?,19?,20-,21+. The SMILES string of the molecule is CCCCCCCCCCCCCCN1C(=O)[C@@H]2C3C=CC(C3)[C@@H]2C1=O. The Morgan fingerprint density at radius 2 is 1.15 bits per heavy atom. The number of rotatable bonds is 13. The monoisotopic (exact) mass is 359 g/mol. The Morgan fingerprint density at radius 3 is 1.62 bits per heavy atom. The van der Waals surface area contributed by atoms with Crippen LogP contribution in [-0.4, -0.2) is 23.3 Å². The quantitative estimate of drug-likeness (QED) is 0.247. The maximum atomic E-state index is 12.6. The number of carbonyl (C=O) groups is 2. The van der Waals surface area contributed by atoms with Crippen LogP contribution in [0.1, 0.15) is 90.4 Å². The van der Waals surface area contributed by atoms with Crippen LogP contribution < -0.4 is 0 Å². The molecule has 4 atom stereocenters. The van der Waals surface area contributed by atoms with Gasteiger partial charge in [-0.1, -0.05) is 89.7 Å². The second kappa shape index (κ2) is 9.71. The van der Waals surface area contributed by atoms with Gasteiger partial charge in [-0.3, -0.25) is 14.5 Å². The summed E-state index contributed by atoms with van der Waals surface area (Å²) in [6.45, 7) is 2.92. The number of unbranched alkanes of at least 4 members (excludes halogenated alkanes) is 11. The molecule has 0 radical (unpaired) electrons. The van der Waals surface area contributed by atoms with E-state index in [2.05, 4.69) is 19.1 Å². The third-order valence-electron chi connectivity index (χ3n) is 6.80. The topological polar surface area (TPSA) is 37.4 Å². The summed E-state index contributed by atoms with van der Waals surface area (Å²) in [5, 5.41) is 0. The molecule has 3 rings (SSSR count). The fourth-order valence-corrected chi connectivity index (χ4v) is 5.30.